The van der Waals surface area contributed by atoms with Crippen molar-refractivity contribution in [2.24, 2.45) is 0 Å². The van der Waals surface area contributed by atoms with Crippen molar-refractivity contribution in [1.29, 1.82) is 0 Å². The lowest BCUT2D eigenvalue weighted by Gasteiger charge is -2.15. The Labute approximate surface area is 121 Å². The van der Waals surface area contributed by atoms with Crippen LogP contribution in [0.2, 0.25) is 4.34 Å². The molecule has 0 bridgehead atoms. The molecule has 0 amide bonds. The Hall–Kier alpha value is -0.700. The van der Waals surface area contributed by atoms with E-state index in [0.717, 1.165) is 25.3 Å². The van der Waals surface area contributed by atoms with Crippen LogP contribution in [0.3, 0.4) is 0 Å². The van der Waals surface area contributed by atoms with Crippen LogP contribution in [0.4, 0.5) is 5.69 Å². The molecule has 1 aromatic heterocycles. The SMILES string of the molecule is CCCCCN(C)S(=O)(=O)c1cc([N+](=O)[O-])c(Cl)s1. The van der Waals surface area contributed by atoms with Crippen molar-refractivity contribution in [3.8, 4) is 0 Å². The van der Waals surface area contributed by atoms with Crippen molar-refractivity contribution in [3.05, 3.63) is 20.5 Å². The number of unbranched alkanes of at least 4 members (excludes halogenated alkanes) is 2. The molecule has 19 heavy (non-hydrogen) atoms. The van der Waals surface area contributed by atoms with E-state index >= 15 is 0 Å². The zero-order valence-corrected chi connectivity index (χ0v) is 13.0. The third-order valence-electron chi connectivity index (χ3n) is 2.58. The average Bonchev–Trinajstić information content (AvgIpc) is 2.72. The Bertz CT molecular complexity index is 556. The maximum Gasteiger partial charge on any atom is 0.300 e. The van der Waals surface area contributed by atoms with Crippen molar-refractivity contribution in [2.75, 3.05) is 13.6 Å². The maximum atomic E-state index is 12.2. The highest BCUT2D eigenvalue weighted by Gasteiger charge is 2.28. The minimum atomic E-state index is -3.69. The third-order valence-corrected chi connectivity index (χ3v) is 6.23. The van der Waals surface area contributed by atoms with Gasteiger partial charge in [0.2, 0.25) is 0 Å². The Kier molecular flexibility index (Phi) is 5.72. The largest absolute Gasteiger partial charge is 0.300 e. The van der Waals surface area contributed by atoms with E-state index in [4.69, 9.17) is 11.6 Å². The van der Waals surface area contributed by atoms with Gasteiger partial charge in [0.25, 0.3) is 15.7 Å². The highest BCUT2D eigenvalue weighted by molar-refractivity contribution is 7.91. The predicted octanol–water partition coefficient (Wildman–Crippen LogP) is 3.12. The highest BCUT2D eigenvalue weighted by Crippen LogP contribution is 2.37. The molecule has 0 N–H and O–H groups in total. The van der Waals surface area contributed by atoms with Gasteiger partial charge in [-0.05, 0) is 6.42 Å². The summed E-state index contributed by atoms with van der Waals surface area (Å²) in [6, 6.07) is 1.01. The van der Waals surface area contributed by atoms with Gasteiger partial charge in [-0.25, -0.2) is 12.7 Å². The van der Waals surface area contributed by atoms with Gasteiger partial charge < -0.3 is 0 Å². The van der Waals surface area contributed by atoms with E-state index < -0.39 is 14.9 Å². The Balaban J connectivity index is 2.94. The molecule has 0 spiro atoms. The van der Waals surface area contributed by atoms with Gasteiger partial charge in [-0.1, -0.05) is 31.4 Å². The lowest BCUT2D eigenvalue weighted by Crippen LogP contribution is -2.27. The van der Waals surface area contributed by atoms with Crippen LogP contribution in [-0.2, 0) is 10.0 Å². The first-order valence-corrected chi connectivity index (χ1v) is 8.34. The van der Waals surface area contributed by atoms with E-state index in [1.807, 2.05) is 6.92 Å². The van der Waals surface area contributed by atoms with Crippen LogP contribution >= 0.6 is 22.9 Å². The van der Waals surface area contributed by atoms with Crippen molar-refractivity contribution in [1.82, 2.24) is 4.31 Å². The van der Waals surface area contributed by atoms with Crippen molar-refractivity contribution in [2.45, 2.75) is 30.4 Å². The third kappa shape index (κ3) is 3.88. The Morgan fingerprint density at radius 2 is 2.11 bits per heavy atom. The quantitative estimate of drug-likeness (QED) is 0.438. The standard InChI is InChI=1S/C10H15ClN2O4S2/c1-3-4-5-6-12(2)19(16,17)9-7-8(13(14)15)10(11)18-9/h7H,3-6H2,1-2H3. The number of halogens is 1. The van der Waals surface area contributed by atoms with Crippen LogP contribution in [0.5, 0.6) is 0 Å². The number of thiophene rings is 1. The van der Waals surface area contributed by atoms with Gasteiger partial charge in [-0.2, -0.15) is 0 Å². The number of hydrogen-bond donors (Lipinski definition) is 0. The minimum absolute atomic E-state index is 0.0943. The number of nitro groups is 1. The zero-order valence-electron chi connectivity index (χ0n) is 10.6. The summed E-state index contributed by atoms with van der Waals surface area (Å²) in [4.78, 5) is 9.98. The van der Waals surface area contributed by atoms with E-state index in [1.54, 1.807) is 0 Å². The van der Waals surface area contributed by atoms with Gasteiger partial charge in [0.05, 0.1) is 4.92 Å². The lowest BCUT2D eigenvalue weighted by molar-refractivity contribution is -0.384. The molecule has 0 aliphatic carbocycles. The molecule has 0 radical (unpaired) electrons. The van der Waals surface area contributed by atoms with Crippen LogP contribution in [0.15, 0.2) is 10.3 Å². The van der Waals surface area contributed by atoms with E-state index in [9.17, 15) is 18.5 Å². The normalized spacial score (nSPS) is 12.0. The van der Waals surface area contributed by atoms with Crippen LogP contribution in [0.1, 0.15) is 26.2 Å². The molecule has 0 aliphatic heterocycles. The van der Waals surface area contributed by atoms with E-state index in [2.05, 4.69) is 0 Å². The summed E-state index contributed by atoms with van der Waals surface area (Å²) in [6.45, 7) is 2.41. The topological polar surface area (TPSA) is 80.5 Å². The molecule has 0 aromatic carbocycles. The Morgan fingerprint density at radius 1 is 1.47 bits per heavy atom. The molecule has 1 aromatic rings. The van der Waals surface area contributed by atoms with Crippen LogP contribution in [0, 0.1) is 10.1 Å². The van der Waals surface area contributed by atoms with E-state index in [0.29, 0.717) is 17.9 Å². The highest BCUT2D eigenvalue weighted by atomic mass is 35.5. The summed E-state index contributed by atoms with van der Waals surface area (Å²) in [5.74, 6) is 0. The molecule has 0 aliphatic rings. The lowest BCUT2D eigenvalue weighted by atomic mass is 10.2. The molecule has 0 unspecified atom stereocenters. The fourth-order valence-electron chi connectivity index (χ4n) is 1.45. The summed E-state index contributed by atoms with van der Waals surface area (Å²) >= 11 is 6.38. The molecule has 1 rings (SSSR count). The molecule has 9 heteroatoms. The molecule has 1 heterocycles. The number of hydrogen-bond acceptors (Lipinski definition) is 5. The second-order valence-corrected chi connectivity index (χ2v) is 7.94. The average molecular weight is 327 g/mol. The van der Waals surface area contributed by atoms with Gasteiger partial charge in [0.1, 0.15) is 4.21 Å². The second-order valence-electron chi connectivity index (χ2n) is 4.02. The summed E-state index contributed by atoms with van der Waals surface area (Å²) in [5.41, 5.74) is -0.368. The molecule has 6 nitrogen and oxygen atoms in total. The fraction of sp³-hybridized carbons (Fsp3) is 0.600. The summed E-state index contributed by atoms with van der Waals surface area (Å²) < 4.78 is 25.3. The first-order chi connectivity index (χ1) is 8.80. The fourth-order valence-corrected chi connectivity index (χ4v) is 4.53. The van der Waals surface area contributed by atoms with Crippen LogP contribution < -0.4 is 0 Å². The van der Waals surface area contributed by atoms with Crippen LogP contribution in [-0.4, -0.2) is 31.2 Å². The van der Waals surface area contributed by atoms with Gasteiger partial charge >= 0.3 is 0 Å². The smallest absolute Gasteiger partial charge is 0.258 e. The molecule has 0 atom stereocenters. The predicted molar refractivity (Wildman–Crippen MR) is 75.3 cm³/mol. The molecular weight excluding hydrogens is 312 g/mol. The molecule has 0 saturated carbocycles. The Morgan fingerprint density at radius 3 is 2.58 bits per heavy atom. The minimum Gasteiger partial charge on any atom is -0.258 e. The number of sulfonamides is 1. The van der Waals surface area contributed by atoms with Gasteiger partial charge in [-0.3, -0.25) is 10.1 Å². The van der Waals surface area contributed by atoms with Crippen molar-refractivity contribution >= 4 is 38.6 Å². The summed E-state index contributed by atoms with van der Waals surface area (Å²) in [7, 11) is -2.23. The number of rotatable bonds is 7. The maximum absolute atomic E-state index is 12.2. The molecule has 108 valence electrons. The number of nitrogens with zero attached hydrogens (tertiary/aromatic N) is 2. The molecular formula is C10H15ClN2O4S2. The monoisotopic (exact) mass is 326 g/mol. The summed E-state index contributed by atoms with van der Waals surface area (Å²) in [6.07, 6.45) is 2.68. The van der Waals surface area contributed by atoms with E-state index in [-0.39, 0.29) is 14.2 Å². The van der Waals surface area contributed by atoms with Gasteiger partial charge in [0.15, 0.2) is 4.34 Å². The second kappa shape index (κ2) is 6.65. The first-order valence-electron chi connectivity index (χ1n) is 5.70. The van der Waals surface area contributed by atoms with Gasteiger partial charge in [-0.15, -0.1) is 11.3 Å². The first kappa shape index (κ1) is 16.4. The van der Waals surface area contributed by atoms with Crippen molar-refractivity contribution in [3.63, 3.8) is 0 Å². The van der Waals surface area contributed by atoms with E-state index in [1.165, 1.54) is 11.4 Å². The van der Waals surface area contributed by atoms with Gasteiger partial charge in [0, 0.05) is 19.7 Å². The van der Waals surface area contributed by atoms with Crippen molar-refractivity contribution < 1.29 is 13.3 Å². The summed E-state index contributed by atoms with van der Waals surface area (Å²) in [5, 5.41) is 10.7. The molecule has 0 fully saturated rings. The zero-order chi connectivity index (χ0) is 14.6. The molecule has 0 saturated heterocycles. The van der Waals surface area contributed by atoms with Crippen LogP contribution in [0.25, 0.3) is 0 Å².